The van der Waals surface area contributed by atoms with Crippen LogP contribution in [-0.2, 0) is 12.7 Å². The summed E-state index contributed by atoms with van der Waals surface area (Å²) in [6.45, 7) is -0.179. The molecule has 0 aliphatic heterocycles. The number of aromatic nitrogens is 2. The van der Waals surface area contributed by atoms with Gasteiger partial charge in [-0.3, -0.25) is 9.89 Å². The number of hydrogen-bond acceptors (Lipinski definition) is 3. The highest BCUT2D eigenvalue weighted by Crippen LogP contribution is 2.32. The number of aromatic amines is 1. The first-order valence-electron chi connectivity index (χ1n) is 8.39. The van der Waals surface area contributed by atoms with Gasteiger partial charge in [0.15, 0.2) is 0 Å². The summed E-state index contributed by atoms with van der Waals surface area (Å²) in [4.78, 5) is 14.1. The highest BCUT2D eigenvalue weighted by atomic mass is 19.4. The summed E-state index contributed by atoms with van der Waals surface area (Å²) in [6.07, 6.45) is -3.11. The average molecular weight is 389 g/mol. The van der Waals surface area contributed by atoms with E-state index in [0.29, 0.717) is 17.0 Å². The van der Waals surface area contributed by atoms with Gasteiger partial charge in [-0.25, -0.2) is 0 Å². The smallest absolute Gasteiger partial charge is 0.416 e. The molecule has 0 saturated heterocycles. The summed E-state index contributed by atoms with van der Waals surface area (Å²) < 4.78 is 44.7. The van der Waals surface area contributed by atoms with Gasteiger partial charge >= 0.3 is 6.18 Å². The van der Waals surface area contributed by atoms with Gasteiger partial charge in [0.05, 0.1) is 30.1 Å². The summed E-state index contributed by atoms with van der Waals surface area (Å²) in [5, 5.41) is 6.70. The number of hydrogen-bond donors (Lipinski definition) is 1. The fraction of sp³-hybridized carbons (Fsp3) is 0.200. The number of nitrogens with one attached hydrogen (secondary N) is 1. The molecule has 0 saturated carbocycles. The van der Waals surface area contributed by atoms with E-state index in [1.165, 1.54) is 36.3 Å². The molecule has 0 radical (unpaired) electrons. The lowest BCUT2D eigenvalue weighted by atomic mass is 10.1. The molecule has 0 fully saturated rings. The molecule has 3 aromatic rings. The molecule has 5 nitrogen and oxygen atoms in total. The Hall–Kier alpha value is -3.29. The largest absolute Gasteiger partial charge is 0.497 e. The lowest BCUT2D eigenvalue weighted by Crippen LogP contribution is -2.27. The number of amides is 1. The highest BCUT2D eigenvalue weighted by Gasteiger charge is 2.33. The Balaban J connectivity index is 1.85. The van der Waals surface area contributed by atoms with Crippen LogP contribution in [0.2, 0.25) is 0 Å². The summed E-state index contributed by atoms with van der Waals surface area (Å²) in [5.41, 5.74) is 0.754. The van der Waals surface area contributed by atoms with E-state index in [-0.39, 0.29) is 17.7 Å². The van der Waals surface area contributed by atoms with E-state index < -0.39 is 17.6 Å². The van der Waals surface area contributed by atoms with E-state index in [1.807, 2.05) is 0 Å². The highest BCUT2D eigenvalue weighted by molar-refractivity contribution is 5.99. The number of carbonyl (C=O) groups excluding carboxylic acids is 1. The molecule has 1 N–H and O–H groups in total. The van der Waals surface area contributed by atoms with Gasteiger partial charge in [-0.1, -0.05) is 18.2 Å². The first-order valence-corrected chi connectivity index (χ1v) is 8.39. The minimum atomic E-state index is -4.48. The zero-order valence-corrected chi connectivity index (χ0v) is 15.2. The molecule has 1 aromatic heterocycles. The van der Waals surface area contributed by atoms with Gasteiger partial charge < -0.3 is 9.64 Å². The van der Waals surface area contributed by atoms with Crippen molar-refractivity contribution in [2.24, 2.45) is 0 Å². The van der Waals surface area contributed by atoms with Crippen LogP contribution in [0.25, 0.3) is 11.3 Å². The Bertz CT molecular complexity index is 965. The van der Waals surface area contributed by atoms with E-state index in [1.54, 1.807) is 31.4 Å². The maximum absolute atomic E-state index is 13.2. The van der Waals surface area contributed by atoms with E-state index in [4.69, 9.17) is 4.74 Å². The molecule has 146 valence electrons. The van der Waals surface area contributed by atoms with Gasteiger partial charge in [0.2, 0.25) is 0 Å². The molecule has 0 bridgehead atoms. The molecule has 0 aliphatic carbocycles. The Morgan fingerprint density at radius 2 is 1.82 bits per heavy atom. The maximum Gasteiger partial charge on any atom is 0.416 e. The molecule has 3 rings (SSSR count). The zero-order valence-electron chi connectivity index (χ0n) is 15.2. The molecular formula is C20H18F3N3O2. The lowest BCUT2D eigenvalue weighted by Gasteiger charge is -2.20. The van der Waals surface area contributed by atoms with Crippen molar-refractivity contribution in [1.82, 2.24) is 15.1 Å². The number of benzene rings is 2. The molecule has 8 heteroatoms. The molecule has 2 aromatic carbocycles. The van der Waals surface area contributed by atoms with Crippen LogP contribution in [0, 0.1) is 0 Å². The van der Waals surface area contributed by atoms with Crippen LogP contribution in [0.4, 0.5) is 13.2 Å². The van der Waals surface area contributed by atoms with Crippen LogP contribution in [0.1, 0.15) is 21.5 Å². The number of H-pyrrole nitrogens is 1. The van der Waals surface area contributed by atoms with E-state index in [2.05, 4.69) is 10.2 Å². The average Bonchev–Trinajstić information content (AvgIpc) is 3.16. The van der Waals surface area contributed by atoms with E-state index in [9.17, 15) is 18.0 Å². The first-order chi connectivity index (χ1) is 13.3. The van der Waals surface area contributed by atoms with Crippen LogP contribution < -0.4 is 4.74 Å². The van der Waals surface area contributed by atoms with Gasteiger partial charge in [0.25, 0.3) is 5.91 Å². The third kappa shape index (κ3) is 4.00. The van der Waals surface area contributed by atoms with Crippen molar-refractivity contribution in [3.8, 4) is 17.0 Å². The molecule has 1 amide bonds. The summed E-state index contributed by atoms with van der Waals surface area (Å²) >= 11 is 0. The molecule has 0 atom stereocenters. The first kappa shape index (κ1) is 19.5. The van der Waals surface area contributed by atoms with Gasteiger partial charge in [-0.2, -0.15) is 18.3 Å². The van der Waals surface area contributed by atoms with Crippen molar-refractivity contribution in [3.05, 3.63) is 71.4 Å². The number of halogens is 3. The fourth-order valence-corrected chi connectivity index (χ4v) is 2.89. The normalized spacial score (nSPS) is 11.3. The lowest BCUT2D eigenvalue weighted by molar-refractivity contribution is -0.138. The summed E-state index contributed by atoms with van der Waals surface area (Å²) in [7, 11) is 3.01. The van der Waals surface area contributed by atoms with Crippen LogP contribution in [0.15, 0.2) is 54.7 Å². The number of ether oxygens (including phenoxy) is 1. The van der Waals surface area contributed by atoms with Crippen LogP contribution in [-0.4, -0.2) is 35.2 Å². The van der Waals surface area contributed by atoms with Gasteiger partial charge in [-0.15, -0.1) is 0 Å². The Morgan fingerprint density at radius 1 is 1.14 bits per heavy atom. The standard InChI is InChI=1S/C20H18F3N3O2/c1-26(12-14-5-3-4-6-17(14)20(21,22)23)19(27)16-11-24-25-18(16)13-7-9-15(28-2)10-8-13/h3-11H,12H2,1-2H3,(H,24,25). The second-order valence-electron chi connectivity index (χ2n) is 6.20. The van der Waals surface area contributed by atoms with Crippen molar-refractivity contribution >= 4 is 5.91 Å². The maximum atomic E-state index is 13.2. The summed E-state index contributed by atoms with van der Waals surface area (Å²) in [6, 6.07) is 12.2. The molecule has 0 unspecified atom stereocenters. The predicted molar refractivity (Wildman–Crippen MR) is 97.8 cm³/mol. The number of carbonyl (C=O) groups is 1. The SMILES string of the molecule is COc1ccc(-c2[nH]ncc2C(=O)N(C)Cc2ccccc2C(F)(F)F)cc1. The molecule has 28 heavy (non-hydrogen) atoms. The van der Waals surface area contributed by atoms with E-state index >= 15 is 0 Å². The third-order valence-corrected chi connectivity index (χ3v) is 4.33. The quantitative estimate of drug-likeness (QED) is 0.705. The molecule has 0 aliphatic rings. The Kier molecular flexibility index (Phi) is 5.39. The number of nitrogens with zero attached hydrogens (tertiary/aromatic N) is 2. The zero-order chi connectivity index (χ0) is 20.3. The fourth-order valence-electron chi connectivity index (χ4n) is 2.89. The molecular weight excluding hydrogens is 371 g/mol. The van der Waals surface area contributed by atoms with Crippen molar-refractivity contribution in [2.75, 3.05) is 14.2 Å². The number of alkyl halides is 3. The molecule has 0 spiro atoms. The van der Waals surface area contributed by atoms with Gasteiger partial charge in [0.1, 0.15) is 5.75 Å². The van der Waals surface area contributed by atoms with Crippen LogP contribution in [0.5, 0.6) is 5.75 Å². The third-order valence-electron chi connectivity index (χ3n) is 4.33. The second kappa shape index (κ2) is 7.75. The minimum absolute atomic E-state index is 0.0281. The van der Waals surface area contributed by atoms with Crippen molar-refractivity contribution in [3.63, 3.8) is 0 Å². The van der Waals surface area contributed by atoms with Crippen LogP contribution in [0.3, 0.4) is 0 Å². The van der Waals surface area contributed by atoms with Crippen molar-refractivity contribution in [1.29, 1.82) is 0 Å². The van der Waals surface area contributed by atoms with Gasteiger partial charge in [-0.05, 0) is 35.9 Å². The van der Waals surface area contributed by atoms with Crippen molar-refractivity contribution in [2.45, 2.75) is 12.7 Å². The van der Waals surface area contributed by atoms with Gasteiger partial charge in [0, 0.05) is 19.2 Å². The Morgan fingerprint density at radius 3 is 2.46 bits per heavy atom. The van der Waals surface area contributed by atoms with E-state index in [0.717, 1.165) is 6.07 Å². The number of rotatable bonds is 5. The number of methoxy groups -OCH3 is 1. The monoisotopic (exact) mass is 389 g/mol. The predicted octanol–water partition coefficient (Wildman–Crippen LogP) is 4.38. The van der Waals surface area contributed by atoms with Crippen molar-refractivity contribution < 1.29 is 22.7 Å². The summed E-state index contributed by atoms with van der Waals surface area (Å²) in [5.74, 6) is 0.230. The minimum Gasteiger partial charge on any atom is -0.497 e. The topological polar surface area (TPSA) is 58.2 Å². The second-order valence-corrected chi connectivity index (χ2v) is 6.20. The molecule has 1 heterocycles. The Labute approximate surface area is 159 Å². The van der Waals surface area contributed by atoms with Crippen LogP contribution >= 0.6 is 0 Å².